The standard InChI is InChI=1S/C28H63Si4.Li/c1-23(2,3)30(19,24(4,5)6)22(31(20,25(7,8)9)26(10,11)12)29-32(21,27(13,14)15)28(16,17)18;/h1-21H3;/q-1;+1. The molecule has 0 unspecified atom stereocenters. The molecular weight excluding hydrogens is 456 g/mol. The molecule has 0 bridgehead atoms. The Balaban J connectivity index is 0. The first-order valence-corrected chi connectivity index (χ1v) is 22.5. The van der Waals surface area contributed by atoms with Gasteiger partial charge >= 0.3 is 18.9 Å². The van der Waals surface area contributed by atoms with E-state index in [9.17, 15) is 0 Å². The molecule has 33 heavy (non-hydrogen) atoms. The van der Waals surface area contributed by atoms with Crippen LogP contribution >= 0.6 is 0 Å². The number of hydrogen-bond acceptors (Lipinski definition) is 0. The van der Waals surface area contributed by atoms with Crippen LogP contribution in [-0.2, 0) is 0 Å². The van der Waals surface area contributed by atoms with Gasteiger partial charge in [-0.25, -0.2) is 0 Å². The summed E-state index contributed by atoms with van der Waals surface area (Å²) in [5, 5.41) is 2.11. The zero-order valence-corrected chi connectivity index (χ0v) is 31.5. The minimum atomic E-state index is -1.88. The van der Waals surface area contributed by atoms with E-state index in [1.165, 1.54) is 0 Å². The summed E-state index contributed by atoms with van der Waals surface area (Å²) in [7, 11) is -4.40. The molecule has 0 saturated heterocycles. The largest absolute Gasteiger partial charge is 1.00 e. The van der Waals surface area contributed by atoms with Crippen LogP contribution in [0.3, 0.4) is 0 Å². The maximum atomic E-state index is 2.80. The van der Waals surface area contributed by atoms with Gasteiger partial charge in [0.15, 0.2) is 0 Å². The van der Waals surface area contributed by atoms with Gasteiger partial charge in [0, 0.05) is 16.1 Å². The Hall–Kier alpha value is 1.33. The van der Waals surface area contributed by atoms with E-state index in [0.717, 1.165) is 8.65 Å². The first-order valence-electron chi connectivity index (χ1n) is 13.0. The van der Waals surface area contributed by atoms with Crippen molar-refractivity contribution < 1.29 is 18.9 Å². The Bertz CT molecular complexity index is 611. The second-order valence-corrected chi connectivity index (χ2v) is 40.1. The summed E-state index contributed by atoms with van der Waals surface area (Å²) in [4.78, 5) is 0. The van der Waals surface area contributed by atoms with Crippen molar-refractivity contribution in [3.8, 4) is 0 Å². The molecule has 0 aromatic carbocycles. The van der Waals surface area contributed by atoms with Gasteiger partial charge in [0.1, 0.15) is 0 Å². The number of rotatable bonds is 3. The van der Waals surface area contributed by atoms with Crippen LogP contribution < -0.4 is 18.9 Å². The van der Waals surface area contributed by atoms with Crippen molar-refractivity contribution in [2.24, 2.45) is 0 Å². The van der Waals surface area contributed by atoms with E-state index in [1.54, 1.807) is 0 Å². The molecule has 0 rings (SSSR count). The minimum absolute atomic E-state index is 0. The molecule has 0 aromatic rings. The van der Waals surface area contributed by atoms with Gasteiger partial charge in [-0.1, -0.05) is 162 Å². The zero-order chi connectivity index (χ0) is 26.8. The van der Waals surface area contributed by atoms with Crippen molar-refractivity contribution in [1.29, 1.82) is 0 Å². The summed E-state index contributed by atoms with van der Waals surface area (Å²) in [5.74, 6) is 0. The summed E-state index contributed by atoms with van der Waals surface area (Å²) in [6.07, 6.45) is 0. The molecule has 0 aliphatic heterocycles. The number of hydrogen-bond donors (Lipinski definition) is 0. The third kappa shape index (κ3) is 6.26. The quantitative estimate of drug-likeness (QED) is 0.340. The molecule has 0 radical (unpaired) electrons. The Morgan fingerprint density at radius 2 is 0.576 bits per heavy atom. The third-order valence-electron chi connectivity index (χ3n) is 10.4. The molecule has 0 atom stereocenters. The van der Waals surface area contributed by atoms with Crippen molar-refractivity contribution in [2.75, 3.05) is 0 Å². The second kappa shape index (κ2) is 9.90. The molecule has 0 heterocycles. The Kier molecular flexibility index (Phi) is 10.9. The van der Waals surface area contributed by atoms with Crippen LogP contribution in [0, 0.1) is 0 Å². The van der Waals surface area contributed by atoms with Crippen molar-refractivity contribution in [3.05, 3.63) is 0 Å². The fourth-order valence-corrected chi connectivity index (χ4v) is 45.0. The van der Waals surface area contributed by atoms with Gasteiger partial charge in [-0.15, -0.1) is 0 Å². The van der Waals surface area contributed by atoms with Gasteiger partial charge in [0.25, 0.3) is 0 Å². The van der Waals surface area contributed by atoms with Crippen LogP contribution in [0.4, 0.5) is 0 Å². The monoisotopic (exact) mass is 518 g/mol. The summed E-state index contributed by atoms with van der Waals surface area (Å²) in [6, 6.07) is 0. The Labute approximate surface area is 229 Å². The normalized spacial score (nSPS) is 15.8. The second-order valence-electron chi connectivity index (χ2n) is 17.4. The van der Waals surface area contributed by atoms with Crippen LogP contribution in [0.5, 0.6) is 0 Å². The van der Waals surface area contributed by atoms with Crippen LogP contribution in [0.1, 0.15) is 125 Å². The molecule has 0 aliphatic carbocycles. The SMILES string of the molecule is CC(C)(C)[Si](C)([Si-]=C([Si](C)(C(C)(C)C)C(C)(C)C)[Si](C)(C(C)(C)C)C(C)(C)C)C(C)(C)C.[Li+]. The maximum absolute atomic E-state index is 2.80. The van der Waals surface area contributed by atoms with Gasteiger partial charge in [0.05, 0.1) is 0 Å². The molecule has 0 aliphatic rings. The van der Waals surface area contributed by atoms with E-state index in [4.69, 9.17) is 0 Å². The van der Waals surface area contributed by atoms with Crippen LogP contribution in [0.25, 0.3) is 0 Å². The van der Waals surface area contributed by atoms with E-state index in [2.05, 4.69) is 149 Å². The van der Waals surface area contributed by atoms with E-state index in [1.807, 2.05) is 0 Å². The third-order valence-corrected chi connectivity index (χ3v) is 46.1. The maximum Gasteiger partial charge on any atom is 1.00 e. The first-order chi connectivity index (χ1) is 13.3. The Morgan fingerprint density at radius 3 is 0.697 bits per heavy atom. The molecule has 0 aromatic heterocycles. The zero-order valence-electron chi connectivity index (χ0n) is 27.5. The van der Waals surface area contributed by atoms with Gasteiger partial charge < -0.3 is 8.65 Å². The molecule has 0 fully saturated rings. The molecule has 192 valence electrons. The Morgan fingerprint density at radius 1 is 0.394 bits per heavy atom. The summed E-state index contributed by atoms with van der Waals surface area (Å²) < 4.78 is 2.14. The molecule has 0 saturated carbocycles. The smallest absolute Gasteiger partial charge is 0.453 e. The summed E-state index contributed by atoms with van der Waals surface area (Å²) in [5.41, 5.74) is 0. The fourth-order valence-electron chi connectivity index (χ4n) is 6.25. The fraction of sp³-hybridized carbons (Fsp3) is 0.964. The van der Waals surface area contributed by atoms with Gasteiger partial charge in [-0.2, -0.15) is 0 Å². The van der Waals surface area contributed by atoms with E-state index in [-0.39, 0.29) is 18.9 Å². The van der Waals surface area contributed by atoms with E-state index in [0.29, 0.717) is 30.2 Å². The molecule has 0 spiro atoms. The summed E-state index contributed by atoms with van der Waals surface area (Å²) in [6.45, 7) is 54.8. The molecular formula is C28H63LiSi4. The van der Waals surface area contributed by atoms with Crippen molar-refractivity contribution in [2.45, 2.75) is 174 Å². The predicted octanol–water partition coefficient (Wildman–Crippen LogP) is 7.48. The van der Waals surface area contributed by atoms with E-state index >= 15 is 0 Å². The van der Waals surface area contributed by atoms with Crippen LogP contribution in [0.2, 0.25) is 49.9 Å². The van der Waals surface area contributed by atoms with Crippen LogP contribution in [0.15, 0.2) is 0 Å². The van der Waals surface area contributed by atoms with Crippen molar-refractivity contribution in [3.63, 3.8) is 0 Å². The summed E-state index contributed by atoms with van der Waals surface area (Å²) >= 11 is 0. The van der Waals surface area contributed by atoms with E-state index < -0.39 is 23.7 Å². The first kappa shape index (κ1) is 36.5. The average Bonchev–Trinajstić information content (AvgIpc) is 2.43. The van der Waals surface area contributed by atoms with Crippen LogP contribution in [-0.4, -0.2) is 36.8 Å². The van der Waals surface area contributed by atoms with Gasteiger partial charge in [-0.05, 0) is 20.2 Å². The van der Waals surface area contributed by atoms with Crippen molar-refractivity contribution >= 4 is 36.8 Å². The van der Waals surface area contributed by atoms with Crippen molar-refractivity contribution in [1.82, 2.24) is 0 Å². The average molecular weight is 519 g/mol. The predicted molar refractivity (Wildman–Crippen MR) is 164 cm³/mol. The molecule has 5 heteroatoms. The topological polar surface area (TPSA) is 0 Å². The van der Waals surface area contributed by atoms with Gasteiger partial charge in [-0.3, -0.25) is 4.42 Å². The molecule has 0 N–H and O–H groups in total. The van der Waals surface area contributed by atoms with Gasteiger partial charge in [0.2, 0.25) is 0 Å². The molecule has 0 amide bonds. The minimum Gasteiger partial charge on any atom is -0.453 e. The molecule has 0 nitrogen and oxygen atoms in total.